The highest BCUT2D eigenvalue weighted by molar-refractivity contribution is 7.89. The van der Waals surface area contributed by atoms with Crippen LogP contribution >= 0.6 is 0 Å². The van der Waals surface area contributed by atoms with Crippen LogP contribution < -0.4 is 16.0 Å². The number of hydrogen-bond donors (Lipinski definition) is 3. The molecule has 1 aromatic rings. The van der Waals surface area contributed by atoms with E-state index in [4.69, 9.17) is 0 Å². The van der Waals surface area contributed by atoms with Gasteiger partial charge in [-0.1, -0.05) is 39.2 Å². The van der Waals surface area contributed by atoms with Gasteiger partial charge in [0.15, 0.2) is 0 Å². The molecule has 3 amide bonds. The van der Waals surface area contributed by atoms with Gasteiger partial charge in [0.2, 0.25) is 15.9 Å². The van der Waals surface area contributed by atoms with Gasteiger partial charge >= 0.3 is 6.03 Å². The van der Waals surface area contributed by atoms with Gasteiger partial charge in [-0.15, -0.1) is 0 Å². The number of carbonyl (C=O) groups excluding carboxylic acids is 2. The first-order valence-electron chi connectivity index (χ1n) is 10.8. The summed E-state index contributed by atoms with van der Waals surface area (Å²) in [6, 6.07) is 6.34. The van der Waals surface area contributed by atoms with Crippen molar-refractivity contribution in [1.82, 2.24) is 14.9 Å². The number of nitrogens with zero attached hydrogens (tertiary/aromatic N) is 1. The standard InChI is InChI=1S/C21H34N4O4S/c1-3-25(4-2)30(28,29)19-13-8-12-18(16-19)23-20(26)14-9-15-22-21(27)24-17-10-6-5-7-11-17/h8,12-13,16-17H,3-7,9-11,14-15H2,1-2H3,(H,23,26)(H2,22,24,27). The van der Waals surface area contributed by atoms with Gasteiger partial charge in [-0.05, 0) is 37.5 Å². The minimum atomic E-state index is -3.57. The lowest BCUT2D eigenvalue weighted by Crippen LogP contribution is -2.43. The first kappa shape index (κ1) is 24.1. The van der Waals surface area contributed by atoms with E-state index in [1.165, 1.54) is 22.9 Å². The Morgan fingerprint density at radius 2 is 1.80 bits per heavy atom. The van der Waals surface area contributed by atoms with Crippen LogP contribution in [0.5, 0.6) is 0 Å². The van der Waals surface area contributed by atoms with Gasteiger partial charge in [0, 0.05) is 37.8 Å². The summed E-state index contributed by atoms with van der Waals surface area (Å²) in [5.41, 5.74) is 0.441. The number of amides is 3. The Labute approximate surface area is 179 Å². The van der Waals surface area contributed by atoms with Crippen LogP contribution in [0.15, 0.2) is 29.2 Å². The van der Waals surface area contributed by atoms with E-state index in [9.17, 15) is 18.0 Å². The summed E-state index contributed by atoms with van der Waals surface area (Å²) in [5.74, 6) is -0.220. The molecule has 1 fully saturated rings. The molecule has 0 atom stereocenters. The van der Waals surface area contributed by atoms with Gasteiger partial charge in [0.1, 0.15) is 0 Å². The van der Waals surface area contributed by atoms with Crippen LogP contribution in [0.1, 0.15) is 58.8 Å². The minimum Gasteiger partial charge on any atom is -0.338 e. The third-order valence-corrected chi connectivity index (χ3v) is 7.31. The summed E-state index contributed by atoms with van der Waals surface area (Å²) in [5, 5.41) is 8.50. The van der Waals surface area contributed by atoms with Crippen molar-refractivity contribution in [3.8, 4) is 0 Å². The quantitative estimate of drug-likeness (QED) is 0.488. The van der Waals surface area contributed by atoms with Crippen LogP contribution in [0.4, 0.5) is 10.5 Å². The molecule has 0 radical (unpaired) electrons. The highest BCUT2D eigenvalue weighted by atomic mass is 32.2. The summed E-state index contributed by atoms with van der Waals surface area (Å²) < 4.78 is 26.6. The maximum absolute atomic E-state index is 12.6. The van der Waals surface area contributed by atoms with E-state index in [1.807, 2.05) is 0 Å². The van der Waals surface area contributed by atoms with Crippen LogP contribution in [-0.2, 0) is 14.8 Å². The Morgan fingerprint density at radius 3 is 2.47 bits per heavy atom. The van der Waals surface area contributed by atoms with Gasteiger partial charge in [-0.25, -0.2) is 13.2 Å². The van der Waals surface area contributed by atoms with Crippen molar-refractivity contribution in [3.63, 3.8) is 0 Å². The molecule has 0 aromatic heterocycles. The van der Waals surface area contributed by atoms with Crippen molar-refractivity contribution in [2.75, 3.05) is 25.0 Å². The third kappa shape index (κ3) is 7.28. The second-order valence-electron chi connectivity index (χ2n) is 7.50. The number of rotatable bonds is 10. The van der Waals surface area contributed by atoms with E-state index in [2.05, 4.69) is 16.0 Å². The molecule has 0 spiro atoms. The lowest BCUT2D eigenvalue weighted by Gasteiger charge is -2.22. The van der Waals surface area contributed by atoms with Gasteiger partial charge in [-0.2, -0.15) is 4.31 Å². The largest absolute Gasteiger partial charge is 0.338 e. The van der Waals surface area contributed by atoms with Crippen LogP contribution in [0.2, 0.25) is 0 Å². The van der Waals surface area contributed by atoms with Gasteiger partial charge in [0.05, 0.1) is 4.90 Å². The van der Waals surface area contributed by atoms with Crippen molar-refractivity contribution < 1.29 is 18.0 Å². The smallest absolute Gasteiger partial charge is 0.315 e. The first-order chi connectivity index (χ1) is 14.4. The molecule has 1 saturated carbocycles. The number of urea groups is 1. The van der Waals surface area contributed by atoms with Crippen molar-refractivity contribution in [3.05, 3.63) is 24.3 Å². The monoisotopic (exact) mass is 438 g/mol. The van der Waals surface area contributed by atoms with E-state index in [0.29, 0.717) is 31.7 Å². The molecule has 0 bridgehead atoms. The zero-order valence-corrected chi connectivity index (χ0v) is 18.8. The fourth-order valence-corrected chi connectivity index (χ4v) is 5.11. The van der Waals surface area contributed by atoms with E-state index >= 15 is 0 Å². The summed E-state index contributed by atoms with van der Waals surface area (Å²) in [6.07, 6.45) is 6.33. The molecule has 30 heavy (non-hydrogen) atoms. The molecule has 0 unspecified atom stereocenters. The van der Waals surface area contributed by atoms with Crippen molar-refractivity contribution in [2.45, 2.75) is 69.7 Å². The molecule has 1 aromatic carbocycles. The second kappa shape index (κ2) is 11.9. The Hall–Kier alpha value is -2.13. The van der Waals surface area contributed by atoms with Gasteiger partial charge in [-0.3, -0.25) is 4.79 Å². The number of sulfonamides is 1. The maximum atomic E-state index is 12.6. The predicted molar refractivity (Wildman–Crippen MR) is 118 cm³/mol. The number of anilines is 1. The van der Waals surface area contributed by atoms with E-state index in [-0.39, 0.29) is 29.3 Å². The molecular formula is C21H34N4O4S. The third-order valence-electron chi connectivity index (χ3n) is 5.27. The Kier molecular flexibility index (Phi) is 9.58. The molecule has 8 nitrogen and oxygen atoms in total. The van der Waals surface area contributed by atoms with Crippen molar-refractivity contribution in [2.24, 2.45) is 0 Å². The van der Waals surface area contributed by atoms with Gasteiger partial charge < -0.3 is 16.0 Å². The molecule has 1 aliphatic carbocycles. The normalized spacial score (nSPS) is 15.0. The topological polar surface area (TPSA) is 108 Å². The Morgan fingerprint density at radius 1 is 1.10 bits per heavy atom. The molecule has 3 N–H and O–H groups in total. The molecule has 9 heteroatoms. The van der Waals surface area contributed by atoms with Crippen LogP contribution in [0, 0.1) is 0 Å². The molecular weight excluding hydrogens is 404 g/mol. The molecule has 0 heterocycles. The Balaban J connectivity index is 1.76. The summed E-state index contributed by atoms with van der Waals surface area (Å²) >= 11 is 0. The van der Waals surface area contributed by atoms with Crippen molar-refractivity contribution in [1.29, 1.82) is 0 Å². The summed E-state index contributed by atoms with van der Waals surface area (Å²) in [6.45, 7) is 4.75. The van der Waals surface area contributed by atoms with Crippen LogP contribution in [-0.4, -0.2) is 50.3 Å². The number of benzene rings is 1. The van der Waals surface area contributed by atoms with Gasteiger partial charge in [0.25, 0.3) is 0 Å². The summed E-state index contributed by atoms with van der Waals surface area (Å²) in [7, 11) is -3.57. The van der Waals surface area contributed by atoms with E-state index in [0.717, 1.165) is 25.7 Å². The van der Waals surface area contributed by atoms with Crippen LogP contribution in [0.25, 0.3) is 0 Å². The lowest BCUT2D eigenvalue weighted by atomic mass is 9.96. The molecule has 168 valence electrons. The average molecular weight is 439 g/mol. The number of carbonyl (C=O) groups is 2. The maximum Gasteiger partial charge on any atom is 0.315 e. The zero-order valence-electron chi connectivity index (χ0n) is 17.9. The predicted octanol–water partition coefficient (Wildman–Crippen LogP) is 3.07. The highest BCUT2D eigenvalue weighted by Crippen LogP contribution is 2.20. The van der Waals surface area contributed by atoms with E-state index < -0.39 is 10.0 Å². The fraction of sp³-hybridized carbons (Fsp3) is 0.619. The SMILES string of the molecule is CCN(CC)S(=O)(=O)c1cccc(NC(=O)CCCNC(=O)NC2CCCCC2)c1. The molecule has 0 saturated heterocycles. The second-order valence-corrected chi connectivity index (χ2v) is 9.44. The molecule has 0 aliphatic heterocycles. The number of hydrogen-bond acceptors (Lipinski definition) is 4. The molecule has 2 rings (SSSR count). The fourth-order valence-electron chi connectivity index (χ4n) is 3.60. The molecule has 1 aliphatic rings. The minimum absolute atomic E-state index is 0.157. The van der Waals surface area contributed by atoms with Crippen LogP contribution in [0.3, 0.4) is 0 Å². The number of nitrogens with one attached hydrogen (secondary N) is 3. The van der Waals surface area contributed by atoms with Crippen molar-refractivity contribution >= 4 is 27.6 Å². The summed E-state index contributed by atoms with van der Waals surface area (Å²) in [4.78, 5) is 24.2. The Bertz CT molecular complexity index is 803. The first-order valence-corrected chi connectivity index (χ1v) is 12.2. The highest BCUT2D eigenvalue weighted by Gasteiger charge is 2.22. The average Bonchev–Trinajstić information content (AvgIpc) is 2.73. The zero-order chi connectivity index (χ0) is 22.0. The lowest BCUT2D eigenvalue weighted by molar-refractivity contribution is -0.116. The van der Waals surface area contributed by atoms with E-state index in [1.54, 1.807) is 26.0 Å².